The monoisotopic (exact) mass is 220 g/mol. The van der Waals surface area contributed by atoms with Crippen molar-refractivity contribution in [1.82, 2.24) is 0 Å². The molecule has 0 saturated heterocycles. The summed E-state index contributed by atoms with van der Waals surface area (Å²) in [5.74, 6) is 0. The van der Waals surface area contributed by atoms with Crippen molar-refractivity contribution < 1.29 is 5.11 Å². The van der Waals surface area contributed by atoms with Crippen LogP contribution in [0.15, 0.2) is 24.3 Å². The Balaban J connectivity index is 2.39. The molecule has 0 radical (unpaired) electrons. The van der Waals surface area contributed by atoms with E-state index in [9.17, 15) is 5.11 Å². The average molecular weight is 220 g/mol. The molecule has 88 valence electrons. The standard InChI is InChI=1S/C13H20N2O/c1-15(2)12-6-4-3-5-11(12)13(9-14)7-10(16)8-13/h3-6,10,16H,7-9,14H2,1-2H3. The fraction of sp³-hybridized carbons (Fsp3) is 0.538. The smallest absolute Gasteiger partial charge is 0.0558 e. The van der Waals surface area contributed by atoms with Gasteiger partial charge in [0.25, 0.3) is 0 Å². The van der Waals surface area contributed by atoms with E-state index in [4.69, 9.17) is 5.73 Å². The van der Waals surface area contributed by atoms with Gasteiger partial charge in [-0.15, -0.1) is 0 Å². The Morgan fingerprint density at radius 2 is 2.00 bits per heavy atom. The molecule has 1 aromatic carbocycles. The number of nitrogens with two attached hydrogens (primary N) is 1. The van der Waals surface area contributed by atoms with Crippen molar-refractivity contribution in [3.63, 3.8) is 0 Å². The first-order valence-electron chi connectivity index (χ1n) is 5.74. The Bertz CT molecular complexity index is 370. The minimum atomic E-state index is -0.182. The molecule has 1 saturated carbocycles. The first-order valence-corrected chi connectivity index (χ1v) is 5.74. The lowest BCUT2D eigenvalue weighted by Crippen LogP contribution is -2.50. The van der Waals surface area contributed by atoms with E-state index in [0.717, 1.165) is 12.8 Å². The summed E-state index contributed by atoms with van der Waals surface area (Å²) in [6.07, 6.45) is 1.39. The highest BCUT2D eigenvalue weighted by atomic mass is 16.3. The lowest BCUT2D eigenvalue weighted by molar-refractivity contribution is 0.0224. The van der Waals surface area contributed by atoms with Gasteiger partial charge in [-0.1, -0.05) is 18.2 Å². The third kappa shape index (κ3) is 1.70. The maximum Gasteiger partial charge on any atom is 0.0558 e. The first kappa shape index (κ1) is 11.4. The van der Waals surface area contributed by atoms with E-state index in [1.807, 2.05) is 26.2 Å². The molecule has 3 heteroatoms. The number of benzene rings is 1. The zero-order valence-electron chi connectivity index (χ0n) is 9.98. The molecule has 0 aromatic heterocycles. The van der Waals surface area contributed by atoms with Crippen molar-refractivity contribution in [2.45, 2.75) is 24.4 Å². The second-order valence-corrected chi connectivity index (χ2v) is 4.96. The van der Waals surface area contributed by atoms with Crippen LogP contribution in [0, 0.1) is 0 Å². The molecular weight excluding hydrogens is 200 g/mol. The first-order chi connectivity index (χ1) is 7.59. The summed E-state index contributed by atoms with van der Waals surface area (Å²) in [6, 6.07) is 8.33. The maximum atomic E-state index is 9.54. The largest absolute Gasteiger partial charge is 0.393 e. The van der Waals surface area contributed by atoms with Crippen LogP contribution in [0.25, 0.3) is 0 Å². The molecule has 0 heterocycles. The summed E-state index contributed by atoms with van der Waals surface area (Å²) < 4.78 is 0. The minimum Gasteiger partial charge on any atom is -0.393 e. The molecule has 0 spiro atoms. The number of hydrogen-bond donors (Lipinski definition) is 2. The van der Waals surface area contributed by atoms with Crippen LogP contribution >= 0.6 is 0 Å². The maximum absolute atomic E-state index is 9.54. The van der Waals surface area contributed by atoms with E-state index in [1.54, 1.807) is 0 Å². The van der Waals surface area contributed by atoms with Gasteiger partial charge in [-0.25, -0.2) is 0 Å². The van der Waals surface area contributed by atoms with Crippen molar-refractivity contribution >= 4 is 5.69 Å². The summed E-state index contributed by atoms with van der Waals surface area (Å²) >= 11 is 0. The second-order valence-electron chi connectivity index (χ2n) is 4.96. The number of para-hydroxylation sites is 1. The van der Waals surface area contributed by atoms with Crippen LogP contribution in [0.4, 0.5) is 5.69 Å². The fourth-order valence-corrected chi connectivity index (χ4v) is 2.65. The second kappa shape index (κ2) is 4.07. The number of aliphatic hydroxyl groups is 1. The predicted octanol–water partition coefficient (Wildman–Crippen LogP) is 1.10. The highest BCUT2D eigenvalue weighted by Gasteiger charge is 2.45. The third-order valence-electron chi connectivity index (χ3n) is 3.60. The molecular formula is C13H20N2O. The van der Waals surface area contributed by atoms with Crippen molar-refractivity contribution in [1.29, 1.82) is 0 Å². The van der Waals surface area contributed by atoms with E-state index in [-0.39, 0.29) is 11.5 Å². The van der Waals surface area contributed by atoms with E-state index < -0.39 is 0 Å². The van der Waals surface area contributed by atoms with E-state index in [0.29, 0.717) is 6.54 Å². The summed E-state index contributed by atoms with van der Waals surface area (Å²) in [4.78, 5) is 2.11. The highest BCUT2D eigenvalue weighted by Crippen LogP contribution is 2.46. The average Bonchev–Trinajstić information content (AvgIpc) is 2.24. The number of nitrogens with zero attached hydrogens (tertiary/aromatic N) is 1. The minimum absolute atomic E-state index is 0.0136. The van der Waals surface area contributed by atoms with Gasteiger partial charge in [-0.05, 0) is 24.5 Å². The van der Waals surface area contributed by atoms with Gasteiger partial charge < -0.3 is 15.7 Å². The van der Waals surface area contributed by atoms with Crippen LogP contribution < -0.4 is 10.6 Å². The van der Waals surface area contributed by atoms with Crippen LogP contribution in [0.1, 0.15) is 18.4 Å². The molecule has 0 amide bonds. The van der Waals surface area contributed by atoms with Gasteiger partial charge in [0.15, 0.2) is 0 Å². The van der Waals surface area contributed by atoms with Gasteiger partial charge in [0.1, 0.15) is 0 Å². The number of aliphatic hydroxyl groups excluding tert-OH is 1. The summed E-state index contributed by atoms with van der Waals surface area (Å²) in [5, 5.41) is 9.54. The predicted molar refractivity (Wildman–Crippen MR) is 66.7 cm³/mol. The van der Waals surface area contributed by atoms with Crippen LogP contribution in [-0.2, 0) is 5.41 Å². The number of hydrogen-bond acceptors (Lipinski definition) is 3. The Labute approximate surface area is 96.9 Å². The van der Waals surface area contributed by atoms with E-state index >= 15 is 0 Å². The summed E-state index contributed by atoms with van der Waals surface area (Å²) in [6.45, 7) is 0.606. The highest BCUT2D eigenvalue weighted by molar-refractivity contribution is 5.57. The zero-order valence-corrected chi connectivity index (χ0v) is 9.98. The molecule has 1 fully saturated rings. The molecule has 1 aliphatic carbocycles. The van der Waals surface area contributed by atoms with Crippen LogP contribution in [0.5, 0.6) is 0 Å². The van der Waals surface area contributed by atoms with E-state index in [2.05, 4.69) is 17.0 Å². The van der Waals surface area contributed by atoms with Crippen LogP contribution in [-0.4, -0.2) is 31.9 Å². The fourth-order valence-electron chi connectivity index (χ4n) is 2.65. The Morgan fingerprint density at radius 1 is 1.38 bits per heavy atom. The SMILES string of the molecule is CN(C)c1ccccc1C1(CN)CC(O)C1. The van der Waals surface area contributed by atoms with Gasteiger partial charge in [0.05, 0.1) is 6.10 Å². The van der Waals surface area contributed by atoms with Crippen molar-refractivity contribution in [3.05, 3.63) is 29.8 Å². The van der Waals surface area contributed by atoms with Crippen molar-refractivity contribution in [2.75, 3.05) is 25.5 Å². The van der Waals surface area contributed by atoms with Gasteiger partial charge in [-0.2, -0.15) is 0 Å². The topological polar surface area (TPSA) is 49.5 Å². The Morgan fingerprint density at radius 3 is 2.50 bits per heavy atom. The molecule has 16 heavy (non-hydrogen) atoms. The Kier molecular flexibility index (Phi) is 2.91. The molecule has 1 aliphatic rings. The molecule has 3 nitrogen and oxygen atoms in total. The molecule has 0 aliphatic heterocycles. The van der Waals surface area contributed by atoms with Gasteiger partial charge >= 0.3 is 0 Å². The normalized spacial score (nSPS) is 28.6. The van der Waals surface area contributed by atoms with Gasteiger partial charge in [0.2, 0.25) is 0 Å². The molecule has 0 unspecified atom stereocenters. The molecule has 3 N–H and O–H groups in total. The van der Waals surface area contributed by atoms with E-state index in [1.165, 1.54) is 11.3 Å². The molecule has 0 bridgehead atoms. The molecule has 0 atom stereocenters. The van der Waals surface area contributed by atoms with Gasteiger partial charge in [-0.3, -0.25) is 0 Å². The Hall–Kier alpha value is -1.06. The van der Waals surface area contributed by atoms with Crippen LogP contribution in [0.2, 0.25) is 0 Å². The number of anilines is 1. The quantitative estimate of drug-likeness (QED) is 0.802. The summed E-state index contributed by atoms with van der Waals surface area (Å²) in [5.41, 5.74) is 8.37. The van der Waals surface area contributed by atoms with Gasteiger partial charge in [0, 0.05) is 31.7 Å². The molecule has 1 aromatic rings. The zero-order chi connectivity index (χ0) is 11.8. The third-order valence-corrected chi connectivity index (χ3v) is 3.60. The molecule has 2 rings (SSSR count). The number of rotatable bonds is 3. The lowest BCUT2D eigenvalue weighted by Gasteiger charge is -2.46. The van der Waals surface area contributed by atoms with Crippen LogP contribution in [0.3, 0.4) is 0 Å². The summed E-state index contributed by atoms with van der Waals surface area (Å²) in [7, 11) is 4.08. The van der Waals surface area contributed by atoms with Crippen molar-refractivity contribution in [2.24, 2.45) is 5.73 Å². The lowest BCUT2D eigenvalue weighted by atomic mass is 9.62. The van der Waals surface area contributed by atoms with Crippen molar-refractivity contribution in [3.8, 4) is 0 Å².